The number of carbonyl (C=O) groups excluding carboxylic acids is 1. The molecule has 1 rings (SSSR count). The maximum Gasteiger partial charge on any atom is 0.126 e. The molecule has 1 nitrogen and oxygen atoms in total. The molecule has 0 heterocycles. The Morgan fingerprint density at radius 2 is 2.38 bits per heavy atom. The maximum atomic E-state index is 12.3. The highest BCUT2D eigenvalue weighted by molar-refractivity contribution is 5.59. The Balaban J connectivity index is 2.58. The van der Waals surface area contributed by atoms with Crippen molar-refractivity contribution in [2.75, 3.05) is 6.67 Å². The third-order valence-corrected chi connectivity index (χ3v) is 3.40. The summed E-state index contributed by atoms with van der Waals surface area (Å²) in [7, 11) is 0. The fraction of sp³-hybridized carbons (Fsp3) is 0.909. The van der Waals surface area contributed by atoms with Crippen LogP contribution in [0.1, 0.15) is 45.4 Å². The van der Waals surface area contributed by atoms with E-state index in [1.807, 2.05) is 0 Å². The smallest absolute Gasteiger partial charge is 0.126 e. The Bertz CT molecular complexity index is 165. The van der Waals surface area contributed by atoms with Gasteiger partial charge in [-0.25, -0.2) is 0 Å². The van der Waals surface area contributed by atoms with Gasteiger partial charge in [0.1, 0.15) is 6.29 Å². The molecule has 0 bridgehead atoms. The van der Waals surface area contributed by atoms with E-state index in [0.29, 0.717) is 12.3 Å². The molecule has 2 heteroatoms. The number of carbonyl (C=O) groups is 1. The molecule has 0 aliphatic heterocycles. The van der Waals surface area contributed by atoms with Gasteiger partial charge >= 0.3 is 0 Å². The zero-order chi connectivity index (χ0) is 9.73. The summed E-state index contributed by atoms with van der Waals surface area (Å²) in [4.78, 5) is 11.0. The third-order valence-electron chi connectivity index (χ3n) is 3.40. The van der Waals surface area contributed by atoms with Crippen LogP contribution in [0.5, 0.6) is 0 Å². The van der Waals surface area contributed by atoms with Crippen LogP contribution in [0.4, 0.5) is 4.39 Å². The quantitative estimate of drug-likeness (QED) is 0.616. The molecule has 0 aromatic heterocycles. The van der Waals surface area contributed by atoms with Gasteiger partial charge in [-0.1, -0.05) is 26.2 Å². The first-order valence-corrected chi connectivity index (χ1v) is 5.28. The van der Waals surface area contributed by atoms with Gasteiger partial charge in [0.25, 0.3) is 0 Å². The van der Waals surface area contributed by atoms with E-state index in [1.165, 1.54) is 6.42 Å². The standard InChI is InChI=1S/C11H19FO/c1-2-10-4-3-5-11(8-10,9-13)6-7-12/h9-10H,2-8H2,1H3. The molecule has 0 aromatic carbocycles. The fourth-order valence-electron chi connectivity index (χ4n) is 2.45. The lowest BCUT2D eigenvalue weighted by molar-refractivity contribution is -0.119. The van der Waals surface area contributed by atoms with E-state index in [-0.39, 0.29) is 12.1 Å². The van der Waals surface area contributed by atoms with Gasteiger partial charge in [-0.2, -0.15) is 0 Å². The second kappa shape index (κ2) is 4.73. The van der Waals surface area contributed by atoms with Crippen LogP contribution in [-0.2, 0) is 4.79 Å². The zero-order valence-corrected chi connectivity index (χ0v) is 8.39. The van der Waals surface area contributed by atoms with Gasteiger partial charge in [0.15, 0.2) is 0 Å². The SMILES string of the molecule is CCC1CCCC(C=O)(CCF)C1. The molecule has 76 valence electrons. The topological polar surface area (TPSA) is 17.1 Å². The average molecular weight is 186 g/mol. The molecule has 13 heavy (non-hydrogen) atoms. The Morgan fingerprint density at radius 1 is 1.62 bits per heavy atom. The van der Waals surface area contributed by atoms with E-state index in [2.05, 4.69) is 6.92 Å². The monoisotopic (exact) mass is 186 g/mol. The molecule has 1 aliphatic rings. The zero-order valence-electron chi connectivity index (χ0n) is 8.39. The summed E-state index contributed by atoms with van der Waals surface area (Å²) in [5.41, 5.74) is -0.312. The lowest BCUT2D eigenvalue weighted by Gasteiger charge is -2.36. The van der Waals surface area contributed by atoms with E-state index < -0.39 is 0 Å². The van der Waals surface area contributed by atoms with E-state index in [4.69, 9.17) is 0 Å². The van der Waals surface area contributed by atoms with Crippen molar-refractivity contribution >= 4 is 6.29 Å². The largest absolute Gasteiger partial charge is 0.303 e. The summed E-state index contributed by atoms with van der Waals surface area (Å²) in [6.45, 7) is 1.80. The van der Waals surface area contributed by atoms with Crippen molar-refractivity contribution in [1.29, 1.82) is 0 Å². The summed E-state index contributed by atoms with van der Waals surface area (Å²) in [5, 5.41) is 0. The summed E-state index contributed by atoms with van der Waals surface area (Å²) in [6, 6.07) is 0. The van der Waals surface area contributed by atoms with Gasteiger partial charge in [0, 0.05) is 5.41 Å². The second-order valence-electron chi connectivity index (χ2n) is 4.29. The van der Waals surface area contributed by atoms with Crippen molar-refractivity contribution in [3.05, 3.63) is 0 Å². The summed E-state index contributed by atoms with van der Waals surface area (Å²) in [5.74, 6) is 0.644. The molecule has 1 aliphatic carbocycles. The van der Waals surface area contributed by atoms with Crippen LogP contribution in [0, 0.1) is 11.3 Å². The first kappa shape index (κ1) is 10.7. The van der Waals surface area contributed by atoms with Crippen LogP contribution in [0.25, 0.3) is 0 Å². The molecule has 0 aromatic rings. The maximum absolute atomic E-state index is 12.3. The minimum Gasteiger partial charge on any atom is -0.303 e. The van der Waals surface area contributed by atoms with Gasteiger partial charge in [0.2, 0.25) is 0 Å². The van der Waals surface area contributed by atoms with Crippen LogP contribution >= 0.6 is 0 Å². The number of alkyl halides is 1. The second-order valence-corrected chi connectivity index (χ2v) is 4.29. The van der Waals surface area contributed by atoms with Gasteiger partial charge in [-0.15, -0.1) is 0 Å². The molecule has 0 saturated heterocycles. The van der Waals surface area contributed by atoms with Crippen LogP contribution in [-0.4, -0.2) is 13.0 Å². The molecule has 0 radical (unpaired) electrons. The average Bonchev–Trinajstić information content (AvgIpc) is 2.19. The van der Waals surface area contributed by atoms with E-state index >= 15 is 0 Å². The van der Waals surface area contributed by atoms with Crippen LogP contribution in [0.2, 0.25) is 0 Å². The Hall–Kier alpha value is -0.400. The van der Waals surface area contributed by atoms with Gasteiger partial charge in [-0.3, -0.25) is 4.39 Å². The van der Waals surface area contributed by atoms with E-state index in [0.717, 1.165) is 32.0 Å². The van der Waals surface area contributed by atoms with Gasteiger partial charge in [-0.05, 0) is 25.2 Å². The summed E-state index contributed by atoms with van der Waals surface area (Å²) in [6.07, 6.45) is 6.70. The Morgan fingerprint density at radius 3 is 2.92 bits per heavy atom. The highest BCUT2D eigenvalue weighted by Crippen LogP contribution is 2.41. The van der Waals surface area contributed by atoms with Gasteiger partial charge < -0.3 is 4.79 Å². The number of hydrogen-bond donors (Lipinski definition) is 0. The van der Waals surface area contributed by atoms with Crippen molar-refractivity contribution < 1.29 is 9.18 Å². The minimum atomic E-state index is -0.352. The van der Waals surface area contributed by atoms with Crippen LogP contribution in [0.15, 0.2) is 0 Å². The third kappa shape index (κ3) is 2.52. The van der Waals surface area contributed by atoms with Crippen molar-refractivity contribution in [2.24, 2.45) is 11.3 Å². The first-order valence-electron chi connectivity index (χ1n) is 5.28. The number of aldehydes is 1. The number of rotatable bonds is 4. The number of halogens is 1. The number of hydrogen-bond acceptors (Lipinski definition) is 1. The molecular weight excluding hydrogens is 167 g/mol. The normalized spacial score (nSPS) is 34.5. The lowest BCUT2D eigenvalue weighted by Crippen LogP contribution is -2.30. The molecule has 0 amide bonds. The molecule has 2 atom stereocenters. The Labute approximate surface area is 79.7 Å². The summed E-state index contributed by atoms with van der Waals surface area (Å²) < 4.78 is 12.3. The highest BCUT2D eigenvalue weighted by atomic mass is 19.1. The predicted molar refractivity (Wildman–Crippen MR) is 51.3 cm³/mol. The lowest BCUT2D eigenvalue weighted by atomic mass is 9.68. The fourth-order valence-corrected chi connectivity index (χ4v) is 2.45. The highest BCUT2D eigenvalue weighted by Gasteiger charge is 2.35. The van der Waals surface area contributed by atoms with Crippen molar-refractivity contribution in [3.8, 4) is 0 Å². The van der Waals surface area contributed by atoms with Crippen molar-refractivity contribution in [3.63, 3.8) is 0 Å². The Kier molecular flexibility index (Phi) is 3.89. The molecule has 1 saturated carbocycles. The van der Waals surface area contributed by atoms with Crippen molar-refractivity contribution in [1.82, 2.24) is 0 Å². The molecule has 0 spiro atoms. The molecule has 2 unspecified atom stereocenters. The first-order chi connectivity index (χ1) is 6.26. The predicted octanol–water partition coefficient (Wildman–Crippen LogP) is 3.13. The summed E-state index contributed by atoms with van der Waals surface area (Å²) >= 11 is 0. The molecule has 1 fully saturated rings. The van der Waals surface area contributed by atoms with Crippen molar-refractivity contribution in [2.45, 2.75) is 45.4 Å². The van der Waals surface area contributed by atoms with E-state index in [1.54, 1.807) is 0 Å². The van der Waals surface area contributed by atoms with Crippen LogP contribution in [0.3, 0.4) is 0 Å². The van der Waals surface area contributed by atoms with Crippen LogP contribution < -0.4 is 0 Å². The molecular formula is C11H19FO. The molecule has 0 N–H and O–H groups in total. The minimum absolute atomic E-state index is 0.312. The van der Waals surface area contributed by atoms with E-state index in [9.17, 15) is 9.18 Å². The van der Waals surface area contributed by atoms with Gasteiger partial charge in [0.05, 0.1) is 6.67 Å².